The number of halogens is 2. The van der Waals surface area contributed by atoms with Gasteiger partial charge in [-0.1, -0.05) is 36.2 Å². The number of benzene rings is 1. The summed E-state index contributed by atoms with van der Waals surface area (Å²) >= 11 is 11.9. The van der Waals surface area contributed by atoms with Crippen molar-refractivity contribution in [3.05, 3.63) is 33.8 Å². The first kappa shape index (κ1) is 13.7. The van der Waals surface area contributed by atoms with Gasteiger partial charge in [0.2, 0.25) is 5.91 Å². The maximum absolute atomic E-state index is 11.7. The number of nitrogens with zero attached hydrogens (tertiary/aromatic N) is 1. The largest absolute Gasteiger partial charge is 0.370 e. The molecule has 18 heavy (non-hydrogen) atoms. The zero-order valence-corrected chi connectivity index (χ0v) is 11.7. The molecule has 0 N–H and O–H groups in total. The molecule has 0 radical (unpaired) electrons. The van der Waals surface area contributed by atoms with Crippen LogP contribution in [0.2, 0.25) is 10.0 Å². The summed E-state index contributed by atoms with van der Waals surface area (Å²) in [5.41, 5.74) is 0.956. The highest BCUT2D eigenvalue weighted by Crippen LogP contribution is 2.29. The topological polar surface area (TPSA) is 29.5 Å². The predicted molar refractivity (Wildman–Crippen MR) is 72.0 cm³/mol. The van der Waals surface area contributed by atoms with Gasteiger partial charge < -0.3 is 9.64 Å². The molecule has 1 heterocycles. The third-order valence-corrected chi connectivity index (χ3v) is 3.78. The number of hydrogen-bond donors (Lipinski definition) is 0. The average Bonchev–Trinajstić information content (AvgIpc) is 2.41. The molecule has 3 nitrogen and oxygen atoms in total. The Kier molecular flexibility index (Phi) is 4.49. The van der Waals surface area contributed by atoms with E-state index in [0.717, 1.165) is 5.56 Å². The van der Waals surface area contributed by atoms with Crippen LogP contribution in [-0.2, 0) is 9.53 Å². The molecule has 1 unspecified atom stereocenters. The van der Waals surface area contributed by atoms with Crippen molar-refractivity contribution >= 4 is 29.1 Å². The van der Waals surface area contributed by atoms with Crippen LogP contribution in [-0.4, -0.2) is 30.5 Å². The predicted octanol–water partition coefficient (Wildman–Crippen LogP) is 3.30. The molecule has 1 fully saturated rings. The van der Waals surface area contributed by atoms with Crippen LogP contribution >= 0.6 is 23.2 Å². The highest BCUT2D eigenvalue weighted by Gasteiger charge is 2.24. The molecule has 0 saturated carbocycles. The number of carbonyl (C=O) groups is 1. The van der Waals surface area contributed by atoms with E-state index in [1.54, 1.807) is 12.1 Å². The van der Waals surface area contributed by atoms with Gasteiger partial charge in [0, 0.05) is 13.0 Å². The lowest BCUT2D eigenvalue weighted by Gasteiger charge is -2.33. The molecule has 0 aliphatic carbocycles. The molecule has 1 aromatic carbocycles. The van der Waals surface area contributed by atoms with Crippen molar-refractivity contribution in [1.82, 2.24) is 4.90 Å². The van der Waals surface area contributed by atoms with Gasteiger partial charge in [0.1, 0.15) is 6.10 Å². The van der Waals surface area contributed by atoms with E-state index >= 15 is 0 Å². The molecule has 1 aromatic rings. The van der Waals surface area contributed by atoms with Gasteiger partial charge in [0.25, 0.3) is 0 Å². The molecule has 0 bridgehead atoms. The third-order valence-electron chi connectivity index (χ3n) is 3.04. The maximum Gasteiger partial charge on any atom is 0.222 e. The summed E-state index contributed by atoms with van der Waals surface area (Å²) in [6.45, 7) is 3.65. The molecule has 1 aliphatic rings. The normalized spacial score (nSPS) is 19.9. The minimum atomic E-state index is -0.121. The molecular weight excluding hydrogens is 273 g/mol. The van der Waals surface area contributed by atoms with E-state index in [-0.39, 0.29) is 12.0 Å². The molecule has 1 atom stereocenters. The van der Waals surface area contributed by atoms with E-state index in [2.05, 4.69) is 0 Å². The van der Waals surface area contributed by atoms with E-state index < -0.39 is 0 Å². The highest BCUT2D eigenvalue weighted by atomic mass is 35.5. The van der Waals surface area contributed by atoms with Gasteiger partial charge in [-0.25, -0.2) is 0 Å². The number of hydrogen-bond acceptors (Lipinski definition) is 2. The smallest absolute Gasteiger partial charge is 0.222 e. The van der Waals surface area contributed by atoms with Crippen LogP contribution in [0.1, 0.15) is 25.0 Å². The summed E-state index contributed by atoms with van der Waals surface area (Å²) in [6, 6.07) is 5.44. The van der Waals surface area contributed by atoms with Gasteiger partial charge in [-0.3, -0.25) is 4.79 Å². The van der Waals surface area contributed by atoms with Gasteiger partial charge in [0.05, 0.1) is 23.2 Å². The Morgan fingerprint density at radius 3 is 2.89 bits per heavy atom. The second-order valence-corrected chi connectivity index (χ2v) is 5.04. The van der Waals surface area contributed by atoms with Gasteiger partial charge >= 0.3 is 0 Å². The van der Waals surface area contributed by atoms with Crippen molar-refractivity contribution in [3.63, 3.8) is 0 Å². The fourth-order valence-corrected chi connectivity index (χ4v) is 2.32. The van der Waals surface area contributed by atoms with Crippen LogP contribution in [0.5, 0.6) is 0 Å². The zero-order chi connectivity index (χ0) is 13.1. The lowest BCUT2D eigenvalue weighted by molar-refractivity contribution is -0.138. The Bertz CT molecular complexity index is 451. The minimum absolute atomic E-state index is 0.121. The minimum Gasteiger partial charge on any atom is -0.370 e. The number of morpholine rings is 1. The van der Waals surface area contributed by atoms with E-state index in [1.165, 1.54) is 0 Å². The first-order valence-corrected chi connectivity index (χ1v) is 6.71. The number of ether oxygens (including phenoxy) is 1. The van der Waals surface area contributed by atoms with Crippen LogP contribution < -0.4 is 0 Å². The summed E-state index contributed by atoms with van der Waals surface area (Å²) in [7, 11) is 0. The Hall–Kier alpha value is -0.770. The third kappa shape index (κ3) is 2.97. The fourth-order valence-electron chi connectivity index (χ4n) is 2.01. The first-order valence-electron chi connectivity index (χ1n) is 5.96. The molecule has 0 aromatic heterocycles. The van der Waals surface area contributed by atoms with Crippen molar-refractivity contribution < 1.29 is 9.53 Å². The number of rotatable bonds is 2. The summed E-state index contributed by atoms with van der Waals surface area (Å²) < 4.78 is 5.69. The lowest BCUT2D eigenvalue weighted by Crippen LogP contribution is -2.41. The van der Waals surface area contributed by atoms with E-state index in [4.69, 9.17) is 27.9 Å². The summed E-state index contributed by atoms with van der Waals surface area (Å²) in [4.78, 5) is 13.5. The Morgan fingerprint density at radius 1 is 1.44 bits per heavy atom. The van der Waals surface area contributed by atoms with Crippen molar-refractivity contribution in [2.24, 2.45) is 0 Å². The van der Waals surface area contributed by atoms with Crippen LogP contribution in [0.3, 0.4) is 0 Å². The Labute approximate surface area is 117 Å². The van der Waals surface area contributed by atoms with E-state index in [1.807, 2.05) is 17.9 Å². The van der Waals surface area contributed by atoms with Gasteiger partial charge in [-0.05, 0) is 17.7 Å². The second-order valence-electron chi connectivity index (χ2n) is 4.23. The molecule has 1 amide bonds. The van der Waals surface area contributed by atoms with Crippen LogP contribution in [0, 0.1) is 0 Å². The highest BCUT2D eigenvalue weighted by molar-refractivity contribution is 6.42. The second kappa shape index (κ2) is 5.91. The SMILES string of the molecule is CCC(=O)N1CCOC(c2ccc(Cl)c(Cl)c2)C1. The van der Waals surface area contributed by atoms with Crippen LogP contribution in [0.4, 0.5) is 0 Å². The molecular formula is C13H15Cl2NO2. The lowest BCUT2D eigenvalue weighted by atomic mass is 10.1. The zero-order valence-electron chi connectivity index (χ0n) is 10.2. The summed E-state index contributed by atoms with van der Waals surface area (Å²) in [6.07, 6.45) is 0.401. The van der Waals surface area contributed by atoms with Crippen molar-refractivity contribution in [2.45, 2.75) is 19.4 Å². The van der Waals surface area contributed by atoms with Gasteiger partial charge in [0.15, 0.2) is 0 Å². The first-order chi connectivity index (χ1) is 8.61. The number of carbonyl (C=O) groups excluding carboxylic acids is 1. The molecule has 5 heteroatoms. The molecule has 98 valence electrons. The van der Waals surface area contributed by atoms with E-state index in [9.17, 15) is 4.79 Å². The quantitative estimate of drug-likeness (QED) is 0.835. The van der Waals surface area contributed by atoms with Crippen molar-refractivity contribution in [2.75, 3.05) is 19.7 Å². The molecule has 1 saturated heterocycles. The monoisotopic (exact) mass is 287 g/mol. The van der Waals surface area contributed by atoms with Crippen molar-refractivity contribution in [3.8, 4) is 0 Å². The molecule has 1 aliphatic heterocycles. The van der Waals surface area contributed by atoms with Gasteiger partial charge in [-0.2, -0.15) is 0 Å². The average molecular weight is 288 g/mol. The molecule has 2 rings (SSSR count). The van der Waals surface area contributed by atoms with Gasteiger partial charge in [-0.15, -0.1) is 0 Å². The number of amides is 1. The van der Waals surface area contributed by atoms with E-state index in [0.29, 0.717) is 36.2 Å². The molecule has 0 spiro atoms. The van der Waals surface area contributed by atoms with Crippen LogP contribution in [0.25, 0.3) is 0 Å². The summed E-state index contributed by atoms with van der Waals surface area (Å²) in [5, 5.41) is 1.04. The van der Waals surface area contributed by atoms with Crippen LogP contribution in [0.15, 0.2) is 18.2 Å². The Morgan fingerprint density at radius 2 is 2.22 bits per heavy atom. The standard InChI is InChI=1S/C13H15Cl2NO2/c1-2-13(17)16-5-6-18-12(8-16)9-3-4-10(14)11(15)7-9/h3-4,7,12H,2,5-6,8H2,1H3. The summed E-state index contributed by atoms with van der Waals surface area (Å²) in [5.74, 6) is 0.156. The maximum atomic E-state index is 11.7. The fraction of sp³-hybridized carbons (Fsp3) is 0.462. The Balaban J connectivity index is 2.13. The van der Waals surface area contributed by atoms with Crippen molar-refractivity contribution in [1.29, 1.82) is 0 Å².